The summed E-state index contributed by atoms with van der Waals surface area (Å²) in [6.45, 7) is 9.63. The molecule has 0 aliphatic carbocycles. The number of allylic oxidation sites excluding steroid dienone is 7. The third-order valence-electron chi connectivity index (χ3n) is 8.57. The molecule has 0 saturated carbocycles. The van der Waals surface area contributed by atoms with Crippen molar-refractivity contribution in [1.29, 1.82) is 0 Å². The quantitative estimate of drug-likeness (QED) is 0.131. The predicted octanol–water partition coefficient (Wildman–Crippen LogP) is 7.21. The fraction of sp³-hybridized carbons (Fsp3) is 0.474. The van der Waals surface area contributed by atoms with Crippen LogP contribution in [0.15, 0.2) is 102 Å². The van der Waals surface area contributed by atoms with Crippen LogP contribution < -0.4 is 5.32 Å². The predicted molar refractivity (Wildman–Crippen MR) is 180 cm³/mol. The summed E-state index contributed by atoms with van der Waals surface area (Å²) in [4.78, 5) is 25.1. The van der Waals surface area contributed by atoms with Gasteiger partial charge in [-0.25, -0.2) is 4.79 Å². The topological polar surface area (TPSA) is 94.1 Å². The minimum Gasteiger partial charge on any atom is -0.455 e. The van der Waals surface area contributed by atoms with Crippen molar-refractivity contribution in [2.24, 2.45) is 11.8 Å². The lowest BCUT2D eigenvalue weighted by molar-refractivity contribution is -0.266. The molecule has 1 fully saturated rings. The molecule has 1 aromatic carbocycles. The van der Waals surface area contributed by atoms with Gasteiger partial charge in [-0.1, -0.05) is 104 Å². The summed E-state index contributed by atoms with van der Waals surface area (Å²) in [7, 11) is 0.858. The van der Waals surface area contributed by atoms with E-state index in [1.807, 2.05) is 45.9 Å². The van der Waals surface area contributed by atoms with Crippen LogP contribution in [0.5, 0.6) is 0 Å². The van der Waals surface area contributed by atoms with Crippen LogP contribution in [0.2, 0.25) is 0 Å². The molecule has 1 amide bonds. The van der Waals surface area contributed by atoms with Crippen molar-refractivity contribution < 1.29 is 42.1 Å². The van der Waals surface area contributed by atoms with Gasteiger partial charge in [-0.3, -0.25) is 4.79 Å². The number of ether oxygens (including phenoxy) is 3. The summed E-state index contributed by atoms with van der Waals surface area (Å²) in [5.41, 5.74) is -1.61. The van der Waals surface area contributed by atoms with Crippen LogP contribution in [0, 0.1) is 11.8 Å². The number of carbonyl (C=O) groups is 2. The number of aliphatic hydroxyl groups excluding tert-OH is 1. The zero-order chi connectivity index (χ0) is 35.5. The maximum Gasteiger partial charge on any atom is 0.430 e. The highest BCUT2D eigenvalue weighted by Crippen LogP contribution is 2.42. The molecule has 0 radical (unpaired) electrons. The third kappa shape index (κ3) is 10.1. The second-order valence-electron chi connectivity index (χ2n) is 12.5. The maximum atomic E-state index is 14.7. The molecule has 2 heterocycles. The van der Waals surface area contributed by atoms with Crippen LogP contribution in [0.4, 0.5) is 13.2 Å². The number of carbonyl (C=O) groups excluding carboxylic acids is 2. The molecule has 2 aliphatic rings. The average Bonchev–Trinajstić information content (AvgIpc) is 3.02. The lowest BCUT2D eigenvalue weighted by Crippen LogP contribution is -2.60. The molecule has 2 aliphatic heterocycles. The third-order valence-corrected chi connectivity index (χ3v) is 8.57. The van der Waals surface area contributed by atoms with E-state index in [0.717, 1.165) is 18.3 Å². The average molecular weight is 672 g/mol. The molecule has 2 N–H and O–H groups in total. The summed E-state index contributed by atoms with van der Waals surface area (Å²) in [5.74, 6) is -1.84. The normalized spacial score (nSPS) is 26.9. The maximum absolute atomic E-state index is 14.7. The Bertz CT molecular complexity index is 1410. The molecule has 1 aromatic rings. The van der Waals surface area contributed by atoms with Crippen LogP contribution in [0.1, 0.15) is 59.4 Å². The first-order valence-electron chi connectivity index (χ1n) is 16.2. The largest absolute Gasteiger partial charge is 0.455 e. The van der Waals surface area contributed by atoms with Crippen molar-refractivity contribution in [1.82, 2.24) is 5.32 Å². The van der Waals surface area contributed by atoms with Crippen LogP contribution in [0.25, 0.3) is 0 Å². The van der Waals surface area contributed by atoms with E-state index in [0.29, 0.717) is 12.8 Å². The molecule has 2 unspecified atom stereocenters. The van der Waals surface area contributed by atoms with Crippen molar-refractivity contribution in [3.05, 3.63) is 108 Å². The molecular formula is C38H48F3NO6. The Morgan fingerprint density at radius 2 is 1.90 bits per heavy atom. The number of esters is 1. The number of rotatable bonds is 13. The Kier molecular flexibility index (Phi) is 14.2. The molecule has 1 saturated heterocycles. The van der Waals surface area contributed by atoms with E-state index < -0.39 is 42.0 Å². The van der Waals surface area contributed by atoms with Gasteiger partial charge in [0.05, 0.1) is 24.4 Å². The highest BCUT2D eigenvalue weighted by atomic mass is 19.4. The van der Waals surface area contributed by atoms with Crippen molar-refractivity contribution in [2.45, 2.75) is 96.1 Å². The summed E-state index contributed by atoms with van der Waals surface area (Å²) in [5, 5.41) is 13.4. The number of benzene rings is 1. The fourth-order valence-electron chi connectivity index (χ4n) is 6.03. The number of alkyl halides is 3. The van der Waals surface area contributed by atoms with Gasteiger partial charge in [0.15, 0.2) is 0 Å². The Labute approximate surface area is 281 Å². The standard InChI is InChI=1S/C38H48F3NO6/c1-7-13-33-28(5)32(43)24-34(48-33)31(42-36(45)37(46-6,38(39,40)41)29-15-9-8-10-16-29)18-11-14-25(2)22-27(4)23-26(3)20-21-30-17-12-19-35(44)47-30/h7-16,18-21,23,27-28,30-34,43H,17,22,24H2,1-6H3,(H,42,45)/b13-7+,18-11+,21-20+,25-14+,26-23-/t27?,28-,30+,31?,32+,33-,34-,37-/m0/s1. The van der Waals surface area contributed by atoms with Crippen LogP contribution in [-0.4, -0.2) is 60.7 Å². The van der Waals surface area contributed by atoms with Crippen LogP contribution in [0.3, 0.4) is 0 Å². The minimum atomic E-state index is -5.08. The number of hydrogen-bond acceptors (Lipinski definition) is 6. The van der Waals surface area contributed by atoms with Gasteiger partial charge in [0.1, 0.15) is 6.10 Å². The summed E-state index contributed by atoms with van der Waals surface area (Å²) >= 11 is 0. The molecule has 3 rings (SSSR count). The number of nitrogens with one attached hydrogen (secondary N) is 1. The Morgan fingerprint density at radius 3 is 2.52 bits per heavy atom. The summed E-state index contributed by atoms with van der Waals surface area (Å²) < 4.78 is 60.6. The van der Waals surface area contributed by atoms with E-state index >= 15 is 0 Å². The van der Waals surface area contributed by atoms with E-state index in [2.05, 4.69) is 18.3 Å². The van der Waals surface area contributed by atoms with E-state index in [4.69, 9.17) is 14.2 Å². The highest BCUT2D eigenvalue weighted by molar-refractivity contribution is 5.88. The molecule has 7 nitrogen and oxygen atoms in total. The fourth-order valence-corrected chi connectivity index (χ4v) is 6.03. The zero-order valence-corrected chi connectivity index (χ0v) is 28.4. The monoisotopic (exact) mass is 671 g/mol. The van der Waals surface area contributed by atoms with Crippen molar-refractivity contribution in [3.8, 4) is 0 Å². The van der Waals surface area contributed by atoms with Gasteiger partial charge in [0, 0.05) is 37.5 Å². The van der Waals surface area contributed by atoms with Gasteiger partial charge in [0.25, 0.3) is 11.5 Å². The van der Waals surface area contributed by atoms with Gasteiger partial charge in [-0.15, -0.1) is 0 Å². The van der Waals surface area contributed by atoms with Gasteiger partial charge >= 0.3 is 12.1 Å². The van der Waals surface area contributed by atoms with Crippen molar-refractivity contribution in [2.75, 3.05) is 7.11 Å². The lowest BCUT2D eigenvalue weighted by atomic mass is 9.86. The zero-order valence-electron chi connectivity index (χ0n) is 28.4. The van der Waals surface area contributed by atoms with Crippen LogP contribution in [-0.2, 0) is 29.4 Å². The molecule has 262 valence electrons. The second-order valence-corrected chi connectivity index (χ2v) is 12.5. The van der Waals surface area contributed by atoms with Gasteiger partial charge < -0.3 is 24.6 Å². The first kappa shape index (κ1) is 38.7. The first-order chi connectivity index (χ1) is 22.7. The first-order valence-corrected chi connectivity index (χ1v) is 16.2. The second kappa shape index (κ2) is 17.6. The van der Waals surface area contributed by atoms with Gasteiger partial charge in [0.2, 0.25) is 0 Å². The number of halogens is 3. The molecule has 0 bridgehead atoms. The van der Waals surface area contributed by atoms with Gasteiger partial charge in [-0.05, 0) is 39.2 Å². The number of methoxy groups -OCH3 is 1. The van der Waals surface area contributed by atoms with Gasteiger partial charge in [-0.2, -0.15) is 13.2 Å². The van der Waals surface area contributed by atoms with Crippen molar-refractivity contribution >= 4 is 11.9 Å². The minimum absolute atomic E-state index is 0.107. The Balaban J connectivity index is 1.84. The van der Waals surface area contributed by atoms with Crippen molar-refractivity contribution in [3.63, 3.8) is 0 Å². The molecule has 48 heavy (non-hydrogen) atoms. The number of amides is 1. The number of aliphatic hydroxyl groups is 1. The summed E-state index contributed by atoms with van der Waals surface area (Å²) in [6.07, 6.45) is 11.8. The van der Waals surface area contributed by atoms with E-state index in [1.54, 1.807) is 36.4 Å². The molecular weight excluding hydrogens is 623 g/mol. The molecule has 8 atom stereocenters. The van der Waals surface area contributed by atoms with Crippen LogP contribution >= 0.6 is 0 Å². The number of hydrogen-bond donors (Lipinski definition) is 2. The van der Waals surface area contributed by atoms with E-state index in [-0.39, 0.29) is 35.9 Å². The Morgan fingerprint density at radius 1 is 1.19 bits per heavy atom. The molecule has 0 aromatic heterocycles. The summed E-state index contributed by atoms with van der Waals surface area (Å²) in [6, 6.07) is 5.76. The number of cyclic esters (lactones) is 1. The SMILES string of the molecule is C/C=C/[C@@H]1O[C@H](C(/C=C/C=C(\C)CC(C)/C=C(C)\C=C\[C@H]2CC=CC(=O)O2)NC(=O)[C@@](OC)(c2ccccc2)C(F)(F)F)C[C@@H](O)[C@@H]1C. The molecule has 10 heteroatoms. The van der Waals surface area contributed by atoms with E-state index in [1.165, 1.54) is 30.3 Å². The van der Waals surface area contributed by atoms with E-state index in [9.17, 15) is 27.9 Å². The Hall–Kier alpha value is -3.73. The molecule has 0 spiro atoms. The lowest BCUT2D eigenvalue weighted by Gasteiger charge is -2.41. The highest BCUT2D eigenvalue weighted by Gasteiger charge is 2.63. The smallest absolute Gasteiger partial charge is 0.430 e.